The Bertz CT molecular complexity index is 107. The second kappa shape index (κ2) is 5.43. The lowest BCUT2D eigenvalue weighted by molar-refractivity contribution is -0.0880. The van der Waals surface area contributed by atoms with Crippen molar-refractivity contribution < 1.29 is 13.5 Å². The Labute approximate surface area is 72.1 Å². The third-order valence-corrected chi connectivity index (χ3v) is 2.18. The molecule has 0 spiro atoms. The molecule has 2 nitrogen and oxygen atoms in total. The van der Waals surface area contributed by atoms with Gasteiger partial charge >= 0.3 is 0 Å². The Morgan fingerprint density at radius 1 is 1.33 bits per heavy atom. The van der Waals surface area contributed by atoms with Crippen molar-refractivity contribution in [3.63, 3.8) is 0 Å². The summed E-state index contributed by atoms with van der Waals surface area (Å²) in [4.78, 5) is 0. The molecule has 0 fully saturated rings. The highest BCUT2D eigenvalue weighted by molar-refractivity contribution is 4.78. The lowest BCUT2D eigenvalue weighted by Gasteiger charge is -2.30. The smallest absolute Gasteiger partial charge is 0.261 e. The summed E-state index contributed by atoms with van der Waals surface area (Å²) in [5.41, 5.74) is 4.90. The van der Waals surface area contributed by atoms with E-state index in [-0.39, 0.29) is 0 Å². The van der Waals surface area contributed by atoms with Crippen LogP contribution in [-0.4, -0.2) is 25.2 Å². The van der Waals surface area contributed by atoms with Gasteiger partial charge in [0.15, 0.2) is 0 Å². The molecule has 0 saturated carbocycles. The van der Waals surface area contributed by atoms with Crippen molar-refractivity contribution in [2.45, 2.75) is 38.7 Å². The Kier molecular flexibility index (Phi) is 5.33. The largest absolute Gasteiger partial charge is 0.368 e. The molecule has 2 N–H and O–H groups in total. The lowest BCUT2D eigenvalue weighted by Crippen LogP contribution is -2.40. The van der Waals surface area contributed by atoms with Gasteiger partial charge in [0.25, 0.3) is 6.43 Å². The number of hydrogen-bond donors (Lipinski definition) is 1. The minimum Gasteiger partial charge on any atom is -0.368 e. The fourth-order valence-electron chi connectivity index (χ4n) is 1.04. The van der Waals surface area contributed by atoms with E-state index in [0.29, 0.717) is 19.4 Å². The first-order chi connectivity index (χ1) is 5.60. The van der Waals surface area contributed by atoms with Crippen LogP contribution in [0.3, 0.4) is 0 Å². The quantitative estimate of drug-likeness (QED) is 0.678. The van der Waals surface area contributed by atoms with E-state index in [1.165, 1.54) is 0 Å². The highest BCUT2D eigenvalue weighted by Crippen LogP contribution is 2.19. The van der Waals surface area contributed by atoms with Crippen LogP contribution in [0.1, 0.15) is 26.7 Å². The van der Waals surface area contributed by atoms with Gasteiger partial charge in [0.1, 0.15) is 6.61 Å². The van der Waals surface area contributed by atoms with Gasteiger partial charge in [0, 0.05) is 6.54 Å². The van der Waals surface area contributed by atoms with E-state index in [1.54, 1.807) is 0 Å². The van der Waals surface area contributed by atoms with E-state index in [9.17, 15) is 8.78 Å². The van der Waals surface area contributed by atoms with Gasteiger partial charge in [-0.1, -0.05) is 13.8 Å². The highest BCUT2D eigenvalue weighted by Gasteiger charge is 2.26. The molecule has 0 amide bonds. The first kappa shape index (κ1) is 11.8. The van der Waals surface area contributed by atoms with E-state index >= 15 is 0 Å². The Hall–Kier alpha value is -0.220. The molecule has 0 atom stereocenters. The lowest BCUT2D eigenvalue weighted by atomic mass is 9.97. The third kappa shape index (κ3) is 3.45. The maximum Gasteiger partial charge on any atom is 0.261 e. The molecule has 0 rings (SSSR count). The summed E-state index contributed by atoms with van der Waals surface area (Å²) >= 11 is 0. The zero-order valence-electron chi connectivity index (χ0n) is 7.65. The Morgan fingerprint density at radius 3 is 2.08 bits per heavy atom. The first-order valence-corrected chi connectivity index (χ1v) is 4.22. The topological polar surface area (TPSA) is 35.2 Å². The standard InChI is InChI=1S/C8H17F2NO/c1-3-8(4-2,6-11)12-5-7(9)10/h7H,3-6,11H2,1-2H3. The first-order valence-electron chi connectivity index (χ1n) is 4.22. The van der Waals surface area contributed by atoms with Gasteiger partial charge in [-0.15, -0.1) is 0 Å². The summed E-state index contributed by atoms with van der Waals surface area (Å²) < 4.78 is 28.7. The average Bonchev–Trinajstić information content (AvgIpc) is 2.08. The van der Waals surface area contributed by atoms with Gasteiger partial charge in [-0.25, -0.2) is 8.78 Å². The predicted molar refractivity (Wildman–Crippen MR) is 44.3 cm³/mol. The molecule has 4 heteroatoms. The predicted octanol–water partition coefficient (Wildman–Crippen LogP) is 1.79. The van der Waals surface area contributed by atoms with Crippen molar-refractivity contribution in [3.8, 4) is 0 Å². The third-order valence-electron chi connectivity index (χ3n) is 2.18. The van der Waals surface area contributed by atoms with Gasteiger partial charge in [0.2, 0.25) is 0 Å². The molecule has 0 heterocycles. The van der Waals surface area contributed by atoms with E-state index in [2.05, 4.69) is 0 Å². The highest BCUT2D eigenvalue weighted by atomic mass is 19.3. The van der Waals surface area contributed by atoms with Gasteiger partial charge < -0.3 is 10.5 Å². The molecule has 0 bridgehead atoms. The van der Waals surface area contributed by atoms with Crippen molar-refractivity contribution >= 4 is 0 Å². The van der Waals surface area contributed by atoms with Crippen molar-refractivity contribution in [1.29, 1.82) is 0 Å². The van der Waals surface area contributed by atoms with E-state index in [1.807, 2.05) is 13.8 Å². The summed E-state index contributed by atoms with van der Waals surface area (Å²) in [6.07, 6.45) is -1.06. The summed E-state index contributed by atoms with van der Waals surface area (Å²) in [7, 11) is 0. The van der Waals surface area contributed by atoms with Gasteiger partial charge in [-0.3, -0.25) is 0 Å². The molecule has 0 aliphatic rings. The second-order valence-corrected chi connectivity index (χ2v) is 2.80. The molecular formula is C8H17F2NO. The average molecular weight is 181 g/mol. The van der Waals surface area contributed by atoms with Crippen LogP contribution in [0.15, 0.2) is 0 Å². The monoisotopic (exact) mass is 181 g/mol. The molecule has 74 valence electrons. The zero-order chi connectivity index (χ0) is 9.61. The molecule has 0 saturated heterocycles. The normalized spacial score (nSPS) is 12.5. The summed E-state index contributed by atoms with van der Waals surface area (Å²) in [5.74, 6) is 0. The molecule has 0 aliphatic heterocycles. The van der Waals surface area contributed by atoms with E-state index in [0.717, 1.165) is 0 Å². The van der Waals surface area contributed by atoms with Crippen LogP contribution in [0.5, 0.6) is 0 Å². The van der Waals surface area contributed by atoms with Gasteiger partial charge in [0.05, 0.1) is 5.60 Å². The molecule has 0 radical (unpaired) electrons. The molecular weight excluding hydrogens is 164 g/mol. The van der Waals surface area contributed by atoms with Crippen molar-refractivity contribution in [3.05, 3.63) is 0 Å². The molecule has 0 aliphatic carbocycles. The number of halogens is 2. The summed E-state index contributed by atoms with van der Waals surface area (Å²) in [6.45, 7) is 3.56. The maximum atomic E-state index is 11.8. The van der Waals surface area contributed by atoms with Crippen molar-refractivity contribution in [2.75, 3.05) is 13.2 Å². The van der Waals surface area contributed by atoms with Crippen LogP contribution in [0.25, 0.3) is 0 Å². The molecule has 0 aromatic rings. The number of alkyl halides is 2. The van der Waals surface area contributed by atoms with Gasteiger partial charge in [-0.05, 0) is 12.8 Å². The fraction of sp³-hybridized carbons (Fsp3) is 1.00. The van der Waals surface area contributed by atoms with Crippen LogP contribution in [0.2, 0.25) is 0 Å². The SMILES string of the molecule is CCC(CC)(CN)OCC(F)F. The fourth-order valence-corrected chi connectivity index (χ4v) is 1.04. The van der Waals surface area contributed by atoms with Crippen LogP contribution in [0, 0.1) is 0 Å². The van der Waals surface area contributed by atoms with Gasteiger partial charge in [-0.2, -0.15) is 0 Å². The minimum atomic E-state index is -2.41. The van der Waals surface area contributed by atoms with E-state index < -0.39 is 18.6 Å². The Morgan fingerprint density at radius 2 is 1.83 bits per heavy atom. The van der Waals surface area contributed by atoms with Crippen LogP contribution in [0.4, 0.5) is 8.78 Å². The molecule has 12 heavy (non-hydrogen) atoms. The van der Waals surface area contributed by atoms with Crippen molar-refractivity contribution in [1.82, 2.24) is 0 Å². The zero-order valence-corrected chi connectivity index (χ0v) is 7.65. The number of rotatable bonds is 6. The van der Waals surface area contributed by atoms with E-state index in [4.69, 9.17) is 10.5 Å². The van der Waals surface area contributed by atoms with Crippen LogP contribution in [-0.2, 0) is 4.74 Å². The summed E-state index contributed by atoms with van der Waals surface area (Å²) in [6, 6.07) is 0. The number of ether oxygens (including phenoxy) is 1. The minimum absolute atomic E-state index is 0.298. The Balaban J connectivity index is 3.93. The molecule has 0 aromatic carbocycles. The van der Waals surface area contributed by atoms with Crippen molar-refractivity contribution in [2.24, 2.45) is 5.73 Å². The molecule has 0 unspecified atom stereocenters. The second-order valence-electron chi connectivity index (χ2n) is 2.80. The maximum absolute atomic E-state index is 11.8. The number of hydrogen-bond acceptors (Lipinski definition) is 2. The van der Waals surface area contributed by atoms with Crippen LogP contribution < -0.4 is 5.73 Å². The molecule has 0 aromatic heterocycles. The number of nitrogens with two attached hydrogens (primary N) is 1. The summed E-state index contributed by atoms with van der Waals surface area (Å²) in [5, 5.41) is 0. The van der Waals surface area contributed by atoms with Crippen LogP contribution >= 0.6 is 0 Å².